The lowest BCUT2D eigenvalue weighted by Crippen LogP contribution is -2.33. The first-order valence-electron chi connectivity index (χ1n) is 10.8. The number of carbonyl (C=O) groups excluding carboxylic acids is 1. The zero-order valence-electron chi connectivity index (χ0n) is 18.6. The second-order valence-electron chi connectivity index (χ2n) is 8.14. The number of para-hydroxylation sites is 4. The number of nitrogens with zero attached hydrogens (tertiary/aromatic N) is 3. The molecule has 1 amide bonds. The maximum atomic E-state index is 13.6. The number of aromatic nitrogens is 2. The molecule has 0 saturated carbocycles. The molecule has 0 atom stereocenters. The highest BCUT2D eigenvalue weighted by molar-refractivity contribution is 6.35. The van der Waals surface area contributed by atoms with E-state index in [0.717, 1.165) is 11.3 Å². The molecule has 1 aromatic heterocycles. The van der Waals surface area contributed by atoms with Gasteiger partial charge < -0.3 is 9.64 Å². The maximum Gasteiger partial charge on any atom is 0.266 e. The van der Waals surface area contributed by atoms with Gasteiger partial charge in [-0.25, -0.2) is 4.98 Å². The van der Waals surface area contributed by atoms with Gasteiger partial charge in [0.25, 0.3) is 11.5 Å². The van der Waals surface area contributed by atoms with Crippen LogP contribution in [0.3, 0.4) is 0 Å². The highest BCUT2D eigenvalue weighted by atomic mass is 16.5. The van der Waals surface area contributed by atoms with Crippen molar-refractivity contribution in [1.29, 1.82) is 0 Å². The molecule has 6 nitrogen and oxygen atoms in total. The molecular formula is C27H23N3O3. The van der Waals surface area contributed by atoms with Gasteiger partial charge in [-0.3, -0.25) is 14.2 Å². The molecule has 0 fully saturated rings. The van der Waals surface area contributed by atoms with Crippen molar-refractivity contribution in [3.8, 4) is 11.4 Å². The minimum Gasteiger partial charge on any atom is -0.495 e. The van der Waals surface area contributed by atoms with Gasteiger partial charge in [0.1, 0.15) is 11.6 Å². The van der Waals surface area contributed by atoms with Gasteiger partial charge in [0.05, 0.1) is 35.0 Å². The minimum absolute atomic E-state index is 0.00878. The van der Waals surface area contributed by atoms with E-state index in [2.05, 4.69) is 0 Å². The Labute approximate surface area is 191 Å². The van der Waals surface area contributed by atoms with Crippen molar-refractivity contribution in [2.45, 2.75) is 19.9 Å². The standard InChI is InChI=1S/C27H23N3O3/c1-17(2)29-22-13-7-5-10-18(22)20(27(29)32)16-25-28-21-12-6-4-11-19(21)26(31)30(25)23-14-8-9-15-24(23)33-3/h4-17H,1-3H3. The van der Waals surface area contributed by atoms with Crippen molar-refractivity contribution in [3.05, 3.63) is 94.5 Å². The van der Waals surface area contributed by atoms with Crippen LogP contribution in [-0.4, -0.2) is 28.6 Å². The predicted octanol–water partition coefficient (Wildman–Crippen LogP) is 4.69. The molecule has 0 aliphatic carbocycles. The zero-order valence-corrected chi connectivity index (χ0v) is 18.6. The van der Waals surface area contributed by atoms with Crippen LogP contribution >= 0.6 is 0 Å². The third-order valence-electron chi connectivity index (χ3n) is 5.82. The van der Waals surface area contributed by atoms with Crippen LogP contribution in [0.1, 0.15) is 25.2 Å². The van der Waals surface area contributed by atoms with E-state index in [1.54, 1.807) is 36.3 Å². The van der Waals surface area contributed by atoms with Gasteiger partial charge in [-0.2, -0.15) is 0 Å². The molecule has 1 aliphatic rings. The third kappa shape index (κ3) is 3.31. The molecule has 0 unspecified atom stereocenters. The fourth-order valence-corrected chi connectivity index (χ4v) is 4.34. The van der Waals surface area contributed by atoms with E-state index in [-0.39, 0.29) is 17.5 Å². The summed E-state index contributed by atoms with van der Waals surface area (Å²) in [6.45, 7) is 3.97. The number of ether oxygens (including phenoxy) is 1. The van der Waals surface area contributed by atoms with Crippen molar-refractivity contribution in [1.82, 2.24) is 9.55 Å². The molecule has 2 heterocycles. The molecule has 0 bridgehead atoms. The summed E-state index contributed by atoms with van der Waals surface area (Å²) in [6.07, 6.45) is 1.71. The van der Waals surface area contributed by atoms with Crippen molar-refractivity contribution < 1.29 is 9.53 Å². The van der Waals surface area contributed by atoms with Gasteiger partial charge in [0.15, 0.2) is 0 Å². The first-order chi connectivity index (χ1) is 16.0. The highest BCUT2D eigenvalue weighted by Crippen LogP contribution is 2.39. The SMILES string of the molecule is COc1ccccc1-n1c(C=C2C(=O)N(C(C)C)c3ccccc32)nc2ccccc2c1=O. The summed E-state index contributed by atoms with van der Waals surface area (Å²) in [6, 6.07) is 22.2. The average molecular weight is 437 g/mol. The second kappa shape index (κ2) is 8.06. The van der Waals surface area contributed by atoms with E-state index in [4.69, 9.17) is 9.72 Å². The van der Waals surface area contributed by atoms with E-state index in [1.807, 2.05) is 68.4 Å². The number of methoxy groups -OCH3 is 1. The van der Waals surface area contributed by atoms with Gasteiger partial charge in [0.2, 0.25) is 0 Å². The van der Waals surface area contributed by atoms with Crippen LogP contribution < -0.4 is 15.2 Å². The summed E-state index contributed by atoms with van der Waals surface area (Å²) < 4.78 is 7.05. The summed E-state index contributed by atoms with van der Waals surface area (Å²) in [5.41, 5.74) is 3.09. The molecule has 5 rings (SSSR count). The van der Waals surface area contributed by atoms with E-state index in [1.165, 1.54) is 4.57 Å². The van der Waals surface area contributed by atoms with Crippen molar-refractivity contribution in [2.24, 2.45) is 0 Å². The second-order valence-corrected chi connectivity index (χ2v) is 8.14. The lowest BCUT2D eigenvalue weighted by Gasteiger charge is -2.21. The van der Waals surface area contributed by atoms with Gasteiger partial charge in [0, 0.05) is 11.6 Å². The maximum absolute atomic E-state index is 13.6. The van der Waals surface area contributed by atoms with Crippen LogP contribution in [0.25, 0.3) is 28.2 Å². The normalized spacial score (nSPS) is 14.4. The third-order valence-corrected chi connectivity index (χ3v) is 5.82. The number of carbonyl (C=O) groups is 1. The van der Waals surface area contributed by atoms with Crippen LogP contribution in [0.2, 0.25) is 0 Å². The van der Waals surface area contributed by atoms with Crippen molar-refractivity contribution >= 4 is 34.1 Å². The number of anilines is 1. The summed E-state index contributed by atoms with van der Waals surface area (Å²) in [7, 11) is 1.56. The Kier molecular flexibility index (Phi) is 5.05. The molecule has 33 heavy (non-hydrogen) atoms. The summed E-state index contributed by atoms with van der Waals surface area (Å²) in [5.74, 6) is 0.797. The molecule has 0 radical (unpaired) electrons. The number of fused-ring (bicyclic) bond motifs is 2. The predicted molar refractivity (Wildman–Crippen MR) is 131 cm³/mol. The molecule has 3 aromatic carbocycles. The molecule has 4 aromatic rings. The van der Waals surface area contributed by atoms with Crippen molar-refractivity contribution in [2.75, 3.05) is 12.0 Å². The Morgan fingerprint density at radius 1 is 0.879 bits per heavy atom. The van der Waals surface area contributed by atoms with Crippen LogP contribution in [0.15, 0.2) is 77.6 Å². The van der Waals surface area contributed by atoms with E-state index in [0.29, 0.717) is 33.7 Å². The average Bonchev–Trinajstić information content (AvgIpc) is 3.11. The highest BCUT2D eigenvalue weighted by Gasteiger charge is 2.34. The lowest BCUT2D eigenvalue weighted by molar-refractivity contribution is -0.113. The minimum atomic E-state index is -0.226. The van der Waals surface area contributed by atoms with Crippen LogP contribution in [0.4, 0.5) is 5.69 Å². The van der Waals surface area contributed by atoms with Crippen LogP contribution in [0.5, 0.6) is 5.75 Å². The number of rotatable bonds is 4. The lowest BCUT2D eigenvalue weighted by atomic mass is 10.1. The zero-order chi connectivity index (χ0) is 23.1. The Bertz CT molecular complexity index is 1480. The topological polar surface area (TPSA) is 64.4 Å². The molecule has 0 spiro atoms. The molecule has 0 saturated heterocycles. The summed E-state index contributed by atoms with van der Waals surface area (Å²) in [5, 5.41) is 0.493. The number of hydrogen-bond acceptors (Lipinski definition) is 4. The van der Waals surface area contributed by atoms with E-state index in [9.17, 15) is 9.59 Å². The number of hydrogen-bond donors (Lipinski definition) is 0. The summed E-state index contributed by atoms with van der Waals surface area (Å²) >= 11 is 0. The Morgan fingerprint density at radius 3 is 2.30 bits per heavy atom. The van der Waals surface area contributed by atoms with Gasteiger partial charge >= 0.3 is 0 Å². The van der Waals surface area contributed by atoms with Crippen LogP contribution in [0, 0.1) is 0 Å². The van der Waals surface area contributed by atoms with Gasteiger partial charge in [-0.15, -0.1) is 0 Å². The van der Waals surface area contributed by atoms with Crippen molar-refractivity contribution in [3.63, 3.8) is 0 Å². The largest absolute Gasteiger partial charge is 0.495 e. The Balaban J connectivity index is 1.83. The first kappa shape index (κ1) is 20.7. The monoisotopic (exact) mass is 437 g/mol. The molecule has 0 N–H and O–H groups in total. The first-order valence-corrected chi connectivity index (χ1v) is 10.8. The molecular weight excluding hydrogens is 414 g/mol. The fourth-order valence-electron chi connectivity index (χ4n) is 4.34. The summed E-state index contributed by atoms with van der Waals surface area (Å²) in [4.78, 5) is 33.6. The fraction of sp³-hybridized carbons (Fsp3) is 0.148. The van der Waals surface area contributed by atoms with Gasteiger partial charge in [-0.05, 0) is 50.3 Å². The van der Waals surface area contributed by atoms with E-state index >= 15 is 0 Å². The molecule has 164 valence electrons. The quantitative estimate of drug-likeness (QED) is 0.435. The van der Waals surface area contributed by atoms with Crippen LogP contribution in [-0.2, 0) is 4.79 Å². The Morgan fingerprint density at radius 2 is 1.55 bits per heavy atom. The molecule has 1 aliphatic heterocycles. The molecule has 6 heteroatoms. The smallest absolute Gasteiger partial charge is 0.266 e. The number of amides is 1. The van der Waals surface area contributed by atoms with E-state index < -0.39 is 0 Å². The number of benzene rings is 3. The Hall–Kier alpha value is -4.19. The van der Waals surface area contributed by atoms with Gasteiger partial charge in [-0.1, -0.05) is 42.5 Å².